The van der Waals surface area contributed by atoms with Gasteiger partial charge in [0.05, 0.1) is 32.3 Å². The Morgan fingerprint density at radius 1 is 1.23 bits per heavy atom. The normalized spacial score (nSPS) is 12.2. The van der Waals surface area contributed by atoms with Gasteiger partial charge in [-0.05, 0) is 31.2 Å². The van der Waals surface area contributed by atoms with E-state index in [9.17, 15) is 9.59 Å². The lowest BCUT2D eigenvalue weighted by Crippen LogP contribution is -2.21. The van der Waals surface area contributed by atoms with Crippen LogP contribution in [0.2, 0.25) is 10.0 Å². The lowest BCUT2D eigenvalue weighted by atomic mass is 10.2. The number of ether oxygens (including phenoxy) is 1. The summed E-state index contributed by atoms with van der Waals surface area (Å²) in [5, 5.41) is 1.11. The van der Waals surface area contributed by atoms with Gasteiger partial charge in [-0.15, -0.1) is 0 Å². The first-order chi connectivity index (χ1) is 14.5. The van der Waals surface area contributed by atoms with Gasteiger partial charge in [-0.3, -0.25) is 9.59 Å². The third-order valence-electron chi connectivity index (χ3n) is 4.51. The number of para-hydroxylation sites is 1. The smallest absolute Gasteiger partial charge is 0.286 e. The molecular weight excluding hydrogens is 447 g/mol. The van der Waals surface area contributed by atoms with Crippen LogP contribution in [0.1, 0.15) is 17.3 Å². The highest BCUT2D eigenvalue weighted by molar-refractivity contribution is 7.16. The van der Waals surface area contributed by atoms with Crippen LogP contribution in [0.3, 0.4) is 0 Å². The van der Waals surface area contributed by atoms with E-state index in [0.717, 1.165) is 11.0 Å². The molecule has 6 nitrogen and oxygen atoms in total. The van der Waals surface area contributed by atoms with Crippen molar-refractivity contribution in [2.45, 2.75) is 13.5 Å². The van der Waals surface area contributed by atoms with E-state index in [0.29, 0.717) is 51.1 Å². The van der Waals surface area contributed by atoms with Gasteiger partial charge < -0.3 is 13.7 Å². The van der Waals surface area contributed by atoms with Crippen LogP contribution in [0.15, 0.2) is 56.9 Å². The largest absolute Gasteiger partial charge is 0.463 e. The summed E-state index contributed by atoms with van der Waals surface area (Å²) in [7, 11) is 0. The van der Waals surface area contributed by atoms with Crippen molar-refractivity contribution in [3.8, 4) is 0 Å². The van der Waals surface area contributed by atoms with Crippen LogP contribution in [0.5, 0.6) is 0 Å². The summed E-state index contributed by atoms with van der Waals surface area (Å²) in [6, 6.07) is 10.3. The van der Waals surface area contributed by atoms with E-state index in [1.807, 2.05) is 13.0 Å². The van der Waals surface area contributed by atoms with Gasteiger partial charge in [-0.25, -0.2) is 0 Å². The molecule has 0 spiro atoms. The summed E-state index contributed by atoms with van der Waals surface area (Å²) in [5.41, 5.74) is 0.528. The molecule has 0 aliphatic rings. The summed E-state index contributed by atoms with van der Waals surface area (Å²) >= 11 is 13.9. The minimum absolute atomic E-state index is 0.133. The summed E-state index contributed by atoms with van der Waals surface area (Å²) in [4.78, 5) is 30.2. The highest BCUT2D eigenvalue weighted by Crippen LogP contribution is 2.32. The van der Waals surface area contributed by atoms with E-state index in [1.54, 1.807) is 34.9 Å². The van der Waals surface area contributed by atoms with Crippen LogP contribution in [0, 0.1) is 0 Å². The molecule has 0 aliphatic heterocycles. The van der Waals surface area contributed by atoms with Crippen molar-refractivity contribution in [1.29, 1.82) is 0 Å². The topological polar surface area (TPSA) is 73.8 Å². The minimum Gasteiger partial charge on any atom is -0.463 e. The van der Waals surface area contributed by atoms with E-state index in [-0.39, 0.29) is 5.56 Å². The van der Waals surface area contributed by atoms with Crippen molar-refractivity contribution in [3.05, 3.63) is 73.3 Å². The lowest BCUT2D eigenvalue weighted by molar-refractivity contribution is 0.0994. The predicted molar refractivity (Wildman–Crippen MR) is 119 cm³/mol. The molecule has 0 saturated heterocycles. The Labute approximate surface area is 184 Å². The summed E-state index contributed by atoms with van der Waals surface area (Å²) < 4.78 is 13.5. The number of halogens is 2. The Hall–Kier alpha value is -2.45. The fraction of sp³-hybridized carbons (Fsp3) is 0.190. The Bertz CT molecular complexity index is 1390. The Balaban J connectivity index is 1.87. The fourth-order valence-electron chi connectivity index (χ4n) is 3.07. The number of hydrogen-bond donors (Lipinski definition) is 0. The van der Waals surface area contributed by atoms with Gasteiger partial charge in [0.15, 0.2) is 4.80 Å². The first-order valence-corrected chi connectivity index (χ1v) is 10.7. The lowest BCUT2D eigenvalue weighted by Gasteiger charge is -2.07. The monoisotopic (exact) mass is 462 g/mol. The van der Waals surface area contributed by atoms with Crippen molar-refractivity contribution in [2.24, 2.45) is 4.99 Å². The molecule has 0 saturated carbocycles. The summed E-state index contributed by atoms with van der Waals surface area (Å²) in [6.07, 6.45) is 1.15. The molecule has 1 amide bonds. The Kier molecular flexibility index (Phi) is 6.06. The Morgan fingerprint density at radius 2 is 2.03 bits per heavy atom. The quantitative estimate of drug-likeness (QED) is 0.395. The second-order valence-electron chi connectivity index (χ2n) is 6.33. The van der Waals surface area contributed by atoms with Crippen molar-refractivity contribution >= 4 is 61.6 Å². The zero-order chi connectivity index (χ0) is 21.3. The summed E-state index contributed by atoms with van der Waals surface area (Å²) in [6.45, 7) is 3.28. The van der Waals surface area contributed by atoms with E-state index in [1.165, 1.54) is 11.3 Å². The number of thiazole rings is 1. The SMILES string of the molecule is CCOCCn1c(=NC(=O)c2coc3ccccc3c2=O)sc2ccc(Cl)c(Cl)c21. The van der Waals surface area contributed by atoms with Crippen molar-refractivity contribution in [2.75, 3.05) is 13.2 Å². The average molecular weight is 463 g/mol. The number of carbonyl (C=O) groups excluding carboxylic acids is 1. The molecule has 0 N–H and O–H groups in total. The number of carbonyl (C=O) groups is 1. The van der Waals surface area contributed by atoms with Gasteiger partial charge in [-0.2, -0.15) is 4.99 Å². The van der Waals surface area contributed by atoms with Crippen LogP contribution < -0.4 is 10.2 Å². The van der Waals surface area contributed by atoms with Crippen LogP contribution in [0.4, 0.5) is 0 Å². The van der Waals surface area contributed by atoms with Crippen LogP contribution in [-0.2, 0) is 11.3 Å². The van der Waals surface area contributed by atoms with E-state index in [2.05, 4.69) is 4.99 Å². The number of amides is 1. The van der Waals surface area contributed by atoms with Crippen molar-refractivity contribution in [1.82, 2.24) is 4.57 Å². The highest BCUT2D eigenvalue weighted by Gasteiger charge is 2.17. The molecule has 9 heteroatoms. The molecule has 0 unspecified atom stereocenters. The predicted octanol–water partition coefficient (Wildman–Crippen LogP) is 4.89. The molecule has 0 atom stereocenters. The van der Waals surface area contributed by atoms with Crippen molar-refractivity contribution < 1.29 is 13.9 Å². The Morgan fingerprint density at radius 3 is 2.83 bits per heavy atom. The molecule has 0 fully saturated rings. The van der Waals surface area contributed by atoms with Gasteiger partial charge in [0, 0.05) is 13.2 Å². The van der Waals surface area contributed by atoms with Gasteiger partial charge in [0.1, 0.15) is 17.4 Å². The van der Waals surface area contributed by atoms with Gasteiger partial charge >= 0.3 is 0 Å². The number of hydrogen-bond acceptors (Lipinski definition) is 5. The molecule has 30 heavy (non-hydrogen) atoms. The highest BCUT2D eigenvalue weighted by atomic mass is 35.5. The van der Waals surface area contributed by atoms with E-state index >= 15 is 0 Å². The maximum absolute atomic E-state index is 12.9. The number of nitrogens with zero attached hydrogens (tertiary/aromatic N) is 2. The zero-order valence-corrected chi connectivity index (χ0v) is 18.2. The molecule has 0 bridgehead atoms. The van der Waals surface area contributed by atoms with Crippen LogP contribution in [0.25, 0.3) is 21.2 Å². The number of fused-ring (bicyclic) bond motifs is 2. The van der Waals surface area contributed by atoms with Crippen LogP contribution in [-0.4, -0.2) is 23.7 Å². The number of benzene rings is 2. The van der Waals surface area contributed by atoms with E-state index in [4.69, 9.17) is 32.4 Å². The molecule has 2 heterocycles. The molecule has 154 valence electrons. The molecule has 4 rings (SSSR count). The standard InChI is InChI=1S/C21H16Cl2N2O4S/c1-2-28-10-9-25-18-16(8-7-14(22)17(18)23)30-21(25)24-20(27)13-11-29-15-6-4-3-5-12(15)19(13)26/h3-8,11H,2,9-10H2,1H3. The van der Waals surface area contributed by atoms with Gasteiger partial charge in [0.2, 0.25) is 5.43 Å². The molecular formula is C21H16Cl2N2O4S. The molecule has 0 aliphatic carbocycles. The maximum Gasteiger partial charge on any atom is 0.286 e. The second kappa shape index (κ2) is 8.73. The maximum atomic E-state index is 12.9. The number of rotatable bonds is 5. The van der Waals surface area contributed by atoms with Crippen LogP contribution >= 0.6 is 34.5 Å². The fourth-order valence-corrected chi connectivity index (χ4v) is 4.61. The first kappa shape index (κ1) is 20.8. The van der Waals surface area contributed by atoms with Crippen molar-refractivity contribution in [3.63, 3.8) is 0 Å². The number of aromatic nitrogens is 1. The average Bonchev–Trinajstić information content (AvgIpc) is 3.09. The summed E-state index contributed by atoms with van der Waals surface area (Å²) in [5.74, 6) is -0.687. The molecule has 4 aromatic rings. The zero-order valence-electron chi connectivity index (χ0n) is 15.9. The minimum atomic E-state index is -0.687. The third kappa shape index (κ3) is 3.81. The van der Waals surface area contributed by atoms with E-state index < -0.39 is 11.3 Å². The second-order valence-corrected chi connectivity index (χ2v) is 8.13. The third-order valence-corrected chi connectivity index (χ3v) is 6.34. The van der Waals surface area contributed by atoms with Gasteiger partial charge in [-0.1, -0.05) is 46.7 Å². The van der Waals surface area contributed by atoms with Gasteiger partial charge in [0.25, 0.3) is 5.91 Å². The molecule has 2 aromatic heterocycles. The molecule has 0 radical (unpaired) electrons. The first-order valence-electron chi connectivity index (χ1n) is 9.16. The molecule has 2 aromatic carbocycles.